The van der Waals surface area contributed by atoms with Crippen LogP contribution in [0.5, 0.6) is 0 Å². The lowest BCUT2D eigenvalue weighted by molar-refractivity contribution is -0.137. The van der Waals surface area contributed by atoms with Crippen LogP contribution in [0.2, 0.25) is 0 Å². The fourth-order valence-corrected chi connectivity index (χ4v) is 2.95. The van der Waals surface area contributed by atoms with Gasteiger partial charge in [-0.25, -0.2) is 4.98 Å². The molecule has 3 rings (SSSR count). The van der Waals surface area contributed by atoms with Gasteiger partial charge in [0.1, 0.15) is 5.82 Å². The van der Waals surface area contributed by atoms with Crippen LogP contribution in [0.1, 0.15) is 18.4 Å². The minimum Gasteiger partial charge on any atom is -0.352 e. The first-order chi connectivity index (χ1) is 8.79. The summed E-state index contributed by atoms with van der Waals surface area (Å²) in [6.07, 6.45) is -0.842. The third-order valence-electron chi connectivity index (χ3n) is 3.80. The summed E-state index contributed by atoms with van der Waals surface area (Å²) in [7, 11) is 0. The van der Waals surface area contributed by atoms with Crippen LogP contribution in [0.15, 0.2) is 16.7 Å². The lowest BCUT2D eigenvalue weighted by Gasteiger charge is -2.49. The Bertz CT molecular complexity index is 507. The summed E-state index contributed by atoms with van der Waals surface area (Å²) in [5, 5.41) is 0. The third-order valence-corrected chi connectivity index (χ3v) is 4.23. The van der Waals surface area contributed by atoms with E-state index < -0.39 is 11.7 Å². The molecule has 1 saturated carbocycles. The largest absolute Gasteiger partial charge is 0.419 e. The molecule has 104 valence electrons. The molecule has 1 aliphatic heterocycles. The predicted octanol–water partition coefficient (Wildman–Crippen LogP) is 2.79. The van der Waals surface area contributed by atoms with Crippen molar-refractivity contribution in [2.24, 2.45) is 11.7 Å². The second kappa shape index (κ2) is 4.09. The van der Waals surface area contributed by atoms with Crippen molar-refractivity contribution in [1.29, 1.82) is 0 Å². The molecule has 19 heavy (non-hydrogen) atoms. The van der Waals surface area contributed by atoms with E-state index >= 15 is 0 Å². The molecule has 2 N–H and O–H groups in total. The first kappa shape index (κ1) is 13.2. The van der Waals surface area contributed by atoms with Crippen molar-refractivity contribution in [3.05, 3.63) is 22.3 Å². The van der Waals surface area contributed by atoms with E-state index in [1.807, 2.05) is 0 Å². The number of halogens is 4. The van der Waals surface area contributed by atoms with Gasteiger partial charge in [0.2, 0.25) is 0 Å². The molecule has 2 heterocycles. The molecule has 1 saturated heterocycles. The van der Waals surface area contributed by atoms with Crippen LogP contribution in [-0.4, -0.2) is 23.6 Å². The zero-order valence-electron chi connectivity index (χ0n) is 10.0. The highest BCUT2D eigenvalue weighted by Gasteiger charge is 2.52. The number of hydrogen-bond acceptors (Lipinski definition) is 3. The first-order valence-corrected chi connectivity index (χ1v) is 6.85. The molecular formula is C12H13BrF3N3. The summed E-state index contributed by atoms with van der Waals surface area (Å²) < 4.78 is 39.3. The first-order valence-electron chi connectivity index (χ1n) is 6.06. The van der Waals surface area contributed by atoms with Crippen LogP contribution in [0, 0.1) is 5.92 Å². The van der Waals surface area contributed by atoms with E-state index in [1.165, 1.54) is 6.20 Å². The standard InChI is InChI=1S/C12H13BrF3N3/c13-8-3-9(12(14,15)16)10(18-4-8)19-5-11(17,6-19)7-1-2-7/h3-4,7H,1-2,5-6,17H2. The summed E-state index contributed by atoms with van der Waals surface area (Å²) in [6, 6.07) is 1.07. The Balaban J connectivity index is 1.86. The molecule has 0 unspecified atom stereocenters. The molecule has 7 heteroatoms. The zero-order valence-corrected chi connectivity index (χ0v) is 11.6. The van der Waals surface area contributed by atoms with Crippen molar-refractivity contribution in [2.75, 3.05) is 18.0 Å². The van der Waals surface area contributed by atoms with E-state index in [9.17, 15) is 13.2 Å². The minimum absolute atomic E-state index is 0.0163. The number of rotatable bonds is 2. The Kier molecular flexibility index (Phi) is 2.83. The Morgan fingerprint density at radius 2 is 2.00 bits per heavy atom. The number of nitrogens with zero attached hydrogens (tertiary/aromatic N) is 2. The van der Waals surface area contributed by atoms with Gasteiger partial charge in [0.05, 0.1) is 11.1 Å². The molecular weight excluding hydrogens is 323 g/mol. The van der Waals surface area contributed by atoms with Gasteiger partial charge in [0.25, 0.3) is 0 Å². The van der Waals surface area contributed by atoms with Gasteiger partial charge in [-0.05, 0) is 40.8 Å². The highest BCUT2D eigenvalue weighted by Crippen LogP contribution is 2.46. The van der Waals surface area contributed by atoms with E-state index in [0.29, 0.717) is 23.5 Å². The van der Waals surface area contributed by atoms with Crippen molar-refractivity contribution in [1.82, 2.24) is 4.98 Å². The molecule has 3 nitrogen and oxygen atoms in total. The van der Waals surface area contributed by atoms with Gasteiger partial charge < -0.3 is 10.6 Å². The van der Waals surface area contributed by atoms with Crippen LogP contribution in [0.25, 0.3) is 0 Å². The highest BCUT2D eigenvalue weighted by molar-refractivity contribution is 9.10. The maximum atomic E-state index is 13.0. The van der Waals surface area contributed by atoms with Crippen LogP contribution in [0.4, 0.5) is 19.0 Å². The van der Waals surface area contributed by atoms with Gasteiger partial charge in [-0.2, -0.15) is 13.2 Å². The molecule has 2 fully saturated rings. The van der Waals surface area contributed by atoms with E-state index in [-0.39, 0.29) is 11.4 Å². The van der Waals surface area contributed by atoms with Crippen LogP contribution in [0.3, 0.4) is 0 Å². The number of alkyl halides is 3. The van der Waals surface area contributed by atoms with E-state index in [0.717, 1.165) is 18.9 Å². The molecule has 0 spiro atoms. The van der Waals surface area contributed by atoms with Gasteiger partial charge in [-0.3, -0.25) is 0 Å². The Labute approximate surface area is 117 Å². The molecule has 1 aromatic rings. The Hall–Kier alpha value is -0.820. The van der Waals surface area contributed by atoms with Gasteiger partial charge in [0, 0.05) is 23.8 Å². The number of pyridine rings is 1. The third kappa shape index (κ3) is 2.33. The fourth-order valence-electron chi connectivity index (χ4n) is 2.62. The number of hydrogen-bond donors (Lipinski definition) is 1. The Morgan fingerprint density at radius 3 is 2.53 bits per heavy atom. The summed E-state index contributed by atoms with van der Waals surface area (Å²) in [4.78, 5) is 5.53. The molecule has 2 aliphatic rings. The molecule has 0 radical (unpaired) electrons. The highest BCUT2D eigenvalue weighted by atomic mass is 79.9. The zero-order chi connectivity index (χ0) is 13.8. The van der Waals surface area contributed by atoms with Crippen molar-refractivity contribution in [2.45, 2.75) is 24.6 Å². The molecule has 1 aliphatic carbocycles. The number of anilines is 1. The molecule has 1 aromatic heterocycles. The molecule has 0 bridgehead atoms. The van der Waals surface area contributed by atoms with Crippen LogP contribution in [-0.2, 0) is 6.18 Å². The maximum Gasteiger partial charge on any atom is 0.419 e. The second-order valence-electron chi connectivity index (χ2n) is 5.39. The molecule has 0 amide bonds. The number of nitrogens with two attached hydrogens (primary N) is 1. The normalized spacial score (nSPS) is 22.3. The second-order valence-corrected chi connectivity index (χ2v) is 6.30. The fraction of sp³-hybridized carbons (Fsp3) is 0.583. The van der Waals surface area contributed by atoms with E-state index in [1.54, 1.807) is 4.90 Å². The van der Waals surface area contributed by atoms with Crippen LogP contribution < -0.4 is 10.6 Å². The van der Waals surface area contributed by atoms with Gasteiger partial charge in [-0.1, -0.05) is 0 Å². The van der Waals surface area contributed by atoms with Crippen LogP contribution >= 0.6 is 15.9 Å². The maximum absolute atomic E-state index is 13.0. The van der Waals surface area contributed by atoms with Gasteiger partial charge >= 0.3 is 6.18 Å². The van der Waals surface area contributed by atoms with Gasteiger partial charge in [-0.15, -0.1) is 0 Å². The van der Waals surface area contributed by atoms with Crippen molar-refractivity contribution < 1.29 is 13.2 Å². The summed E-state index contributed by atoms with van der Waals surface area (Å²) in [5.74, 6) is 0.450. The quantitative estimate of drug-likeness (QED) is 0.903. The minimum atomic E-state index is -4.40. The predicted molar refractivity (Wildman–Crippen MR) is 68.8 cm³/mol. The average molecular weight is 336 g/mol. The smallest absolute Gasteiger partial charge is 0.352 e. The summed E-state index contributed by atoms with van der Waals surface area (Å²) in [5.41, 5.74) is 5.13. The summed E-state index contributed by atoms with van der Waals surface area (Å²) in [6.45, 7) is 0.907. The lowest BCUT2D eigenvalue weighted by Crippen LogP contribution is -2.69. The van der Waals surface area contributed by atoms with Crippen molar-refractivity contribution in [3.8, 4) is 0 Å². The molecule has 0 aromatic carbocycles. The Morgan fingerprint density at radius 1 is 1.37 bits per heavy atom. The SMILES string of the molecule is NC1(C2CC2)CN(c2ncc(Br)cc2C(F)(F)F)C1. The topological polar surface area (TPSA) is 42.1 Å². The van der Waals surface area contributed by atoms with E-state index in [4.69, 9.17) is 5.73 Å². The number of aromatic nitrogens is 1. The molecule has 0 atom stereocenters. The van der Waals surface area contributed by atoms with Crippen molar-refractivity contribution >= 4 is 21.7 Å². The average Bonchev–Trinajstić information content (AvgIpc) is 3.07. The lowest BCUT2D eigenvalue weighted by atomic mass is 9.85. The van der Waals surface area contributed by atoms with E-state index in [2.05, 4.69) is 20.9 Å². The summed E-state index contributed by atoms with van der Waals surface area (Å²) >= 11 is 3.03. The van der Waals surface area contributed by atoms with Gasteiger partial charge in [0.15, 0.2) is 0 Å². The van der Waals surface area contributed by atoms with Crippen molar-refractivity contribution in [3.63, 3.8) is 0 Å². The monoisotopic (exact) mass is 335 g/mol.